The smallest absolute Gasteiger partial charge is 0.323 e. The van der Waals surface area contributed by atoms with Gasteiger partial charge in [0.15, 0.2) is 0 Å². The molecule has 4 N–H and O–H groups in total. The maximum atomic E-state index is 13.7. The van der Waals surface area contributed by atoms with E-state index in [0.29, 0.717) is 22.8 Å². The molecule has 1 aliphatic heterocycles. The molecule has 1 aliphatic rings. The molecule has 0 fully saturated rings. The molecule has 5 amide bonds. The summed E-state index contributed by atoms with van der Waals surface area (Å²) in [5.74, 6) is -0.0526. The number of ether oxygens (including phenoxy) is 2. The summed E-state index contributed by atoms with van der Waals surface area (Å²) in [6.07, 6.45) is -0.526. The van der Waals surface area contributed by atoms with E-state index in [1.807, 2.05) is 6.92 Å². The van der Waals surface area contributed by atoms with E-state index < -0.39 is 30.0 Å². The van der Waals surface area contributed by atoms with Crippen LogP contribution in [0.4, 0.5) is 31.0 Å². The summed E-state index contributed by atoms with van der Waals surface area (Å²) < 4.78 is 24.7. The van der Waals surface area contributed by atoms with E-state index in [9.17, 15) is 23.9 Å². The molecule has 12 heteroatoms. The van der Waals surface area contributed by atoms with Crippen molar-refractivity contribution in [2.75, 3.05) is 49.8 Å². The first-order valence-electron chi connectivity index (χ1n) is 13.8. The second kappa shape index (κ2) is 13.9. The van der Waals surface area contributed by atoms with Gasteiger partial charge in [-0.05, 0) is 73.7 Å². The van der Waals surface area contributed by atoms with E-state index in [1.165, 1.54) is 35.2 Å². The summed E-state index contributed by atoms with van der Waals surface area (Å²) >= 11 is 0. The first-order valence-corrected chi connectivity index (χ1v) is 13.8. The van der Waals surface area contributed by atoms with Gasteiger partial charge in [-0.15, -0.1) is 0 Å². The van der Waals surface area contributed by atoms with Crippen LogP contribution in [-0.4, -0.2) is 78.9 Å². The van der Waals surface area contributed by atoms with Crippen LogP contribution in [0, 0.1) is 11.7 Å². The topological polar surface area (TPSA) is 132 Å². The molecule has 0 aliphatic carbocycles. The third-order valence-electron chi connectivity index (χ3n) is 7.17. The minimum Gasteiger partial charge on any atom is -0.497 e. The minimum absolute atomic E-state index is 0.174. The van der Waals surface area contributed by atoms with Crippen molar-refractivity contribution in [1.82, 2.24) is 9.80 Å². The van der Waals surface area contributed by atoms with Gasteiger partial charge in [-0.25, -0.2) is 14.0 Å². The third kappa shape index (κ3) is 7.92. The lowest BCUT2D eigenvalue weighted by Crippen LogP contribution is -2.50. The van der Waals surface area contributed by atoms with Gasteiger partial charge in [0.05, 0.1) is 31.9 Å². The Labute approximate surface area is 249 Å². The zero-order chi connectivity index (χ0) is 31.1. The van der Waals surface area contributed by atoms with Crippen LogP contribution in [0.15, 0.2) is 66.7 Å². The van der Waals surface area contributed by atoms with E-state index in [1.54, 1.807) is 62.4 Å². The van der Waals surface area contributed by atoms with Crippen molar-refractivity contribution in [2.24, 2.45) is 5.92 Å². The summed E-state index contributed by atoms with van der Waals surface area (Å²) in [5.41, 5.74) is 1.56. The molecule has 0 aromatic heterocycles. The minimum atomic E-state index is -0.526. The predicted octanol–water partition coefficient (Wildman–Crippen LogP) is 4.86. The van der Waals surface area contributed by atoms with Crippen LogP contribution >= 0.6 is 0 Å². The highest BCUT2D eigenvalue weighted by Crippen LogP contribution is 2.31. The van der Waals surface area contributed by atoms with Crippen LogP contribution in [0.1, 0.15) is 24.2 Å². The normalized spacial score (nSPS) is 17.0. The zero-order valence-electron chi connectivity index (χ0n) is 24.5. The molecule has 0 radical (unpaired) electrons. The molecular weight excluding hydrogens is 557 g/mol. The third-order valence-corrected chi connectivity index (χ3v) is 7.17. The zero-order valence-corrected chi connectivity index (χ0v) is 24.5. The lowest BCUT2D eigenvalue weighted by atomic mass is 9.99. The Bertz CT molecular complexity index is 1440. The predicted molar refractivity (Wildman–Crippen MR) is 161 cm³/mol. The Kier molecular flexibility index (Phi) is 10.0. The van der Waals surface area contributed by atoms with Gasteiger partial charge in [0.25, 0.3) is 5.91 Å². The number of carbonyl (C=O) groups is 3. The molecule has 4 rings (SSSR count). The lowest BCUT2D eigenvalue weighted by Gasteiger charge is -2.38. The van der Waals surface area contributed by atoms with Crippen LogP contribution in [-0.2, 0) is 0 Å². The summed E-state index contributed by atoms with van der Waals surface area (Å²) in [6.45, 7) is 3.84. The first-order chi connectivity index (χ1) is 20.6. The van der Waals surface area contributed by atoms with E-state index in [4.69, 9.17) is 9.47 Å². The number of urea groups is 2. The van der Waals surface area contributed by atoms with Gasteiger partial charge >= 0.3 is 12.1 Å². The maximum Gasteiger partial charge on any atom is 0.323 e. The summed E-state index contributed by atoms with van der Waals surface area (Å²) in [6, 6.07) is 15.6. The molecule has 3 atom stereocenters. The van der Waals surface area contributed by atoms with Crippen molar-refractivity contribution >= 4 is 35.0 Å². The molecule has 11 nitrogen and oxygen atoms in total. The summed E-state index contributed by atoms with van der Waals surface area (Å²) in [7, 11) is 3.17. The van der Waals surface area contributed by atoms with Crippen LogP contribution in [0.2, 0.25) is 0 Å². The van der Waals surface area contributed by atoms with Crippen molar-refractivity contribution in [3.8, 4) is 11.5 Å². The van der Waals surface area contributed by atoms with Gasteiger partial charge in [0, 0.05) is 36.6 Å². The number of benzene rings is 3. The quantitative estimate of drug-likeness (QED) is 0.295. The number of rotatable bonds is 8. The van der Waals surface area contributed by atoms with E-state index >= 15 is 0 Å². The molecule has 0 saturated heterocycles. The fraction of sp³-hybridized carbons (Fsp3) is 0.323. The van der Waals surface area contributed by atoms with Gasteiger partial charge in [0.1, 0.15) is 23.4 Å². The number of nitrogens with zero attached hydrogens (tertiary/aromatic N) is 2. The lowest BCUT2D eigenvalue weighted by molar-refractivity contribution is 0.0371. The Hall–Kier alpha value is -4.84. The number of hydrogen-bond acceptors (Lipinski definition) is 6. The van der Waals surface area contributed by atoms with Crippen molar-refractivity contribution in [3.63, 3.8) is 0 Å². The van der Waals surface area contributed by atoms with Crippen molar-refractivity contribution in [1.29, 1.82) is 0 Å². The average Bonchev–Trinajstić information content (AvgIpc) is 3.00. The van der Waals surface area contributed by atoms with Crippen LogP contribution in [0.5, 0.6) is 11.5 Å². The fourth-order valence-electron chi connectivity index (χ4n) is 4.59. The number of aliphatic hydroxyl groups excluding tert-OH is 1. The van der Waals surface area contributed by atoms with E-state index in [2.05, 4.69) is 16.0 Å². The number of aliphatic hydroxyl groups is 1. The molecule has 3 aromatic carbocycles. The molecule has 43 heavy (non-hydrogen) atoms. The number of methoxy groups -OCH3 is 1. The highest BCUT2D eigenvalue weighted by atomic mass is 19.1. The van der Waals surface area contributed by atoms with Gasteiger partial charge < -0.3 is 40.3 Å². The Balaban J connectivity index is 1.53. The molecule has 1 heterocycles. The SMILES string of the molecule is COc1ccc(NC(=O)Nc2ccc3c(c2)C(=O)N([C@H](C)CO)C[C@@H](C)[C@@H](CN(C)C(=O)Nc2ccc(F)cc2)O3)cc1. The highest BCUT2D eigenvalue weighted by molar-refractivity contribution is 6.02. The molecule has 0 saturated carbocycles. The number of amides is 5. The van der Waals surface area contributed by atoms with Crippen LogP contribution < -0.4 is 25.4 Å². The van der Waals surface area contributed by atoms with Gasteiger partial charge in [-0.3, -0.25) is 4.79 Å². The van der Waals surface area contributed by atoms with Crippen molar-refractivity contribution in [2.45, 2.75) is 26.0 Å². The fourth-order valence-corrected chi connectivity index (χ4v) is 4.59. The standard InChI is InChI=1S/C31H36FN5O6/c1-19-16-37(20(2)18-38)29(39)26-15-24(34-30(40)33-22-9-12-25(42-4)13-10-22)11-14-27(26)43-28(19)17-36(3)31(41)35-23-7-5-21(32)6-8-23/h5-15,19-20,28,38H,16-18H2,1-4H3,(H,35,41)(H2,33,34,40)/t19-,20-,28-/m1/s1. The monoisotopic (exact) mass is 593 g/mol. The second-order valence-corrected chi connectivity index (χ2v) is 10.5. The van der Waals surface area contributed by atoms with Crippen molar-refractivity contribution < 1.29 is 33.4 Å². The molecule has 228 valence electrons. The number of hydrogen-bond donors (Lipinski definition) is 4. The average molecular weight is 594 g/mol. The number of likely N-dealkylation sites (N-methyl/N-ethyl adjacent to an activating group) is 1. The number of anilines is 3. The largest absolute Gasteiger partial charge is 0.497 e. The van der Waals surface area contributed by atoms with E-state index in [-0.39, 0.29) is 42.8 Å². The molecule has 0 unspecified atom stereocenters. The highest BCUT2D eigenvalue weighted by Gasteiger charge is 2.34. The first kappa shape index (κ1) is 31.1. The number of carbonyl (C=O) groups excluding carboxylic acids is 3. The summed E-state index contributed by atoms with van der Waals surface area (Å²) in [4.78, 5) is 42.3. The number of fused-ring (bicyclic) bond motifs is 1. The Morgan fingerprint density at radius 3 is 2.30 bits per heavy atom. The van der Waals surface area contributed by atoms with Crippen LogP contribution in [0.25, 0.3) is 0 Å². The number of halogens is 1. The molecule has 3 aromatic rings. The van der Waals surface area contributed by atoms with Crippen molar-refractivity contribution in [3.05, 3.63) is 78.1 Å². The van der Waals surface area contributed by atoms with E-state index in [0.717, 1.165) is 0 Å². The van der Waals surface area contributed by atoms with Gasteiger partial charge in [-0.1, -0.05) is 6.92 Å². The maximum absolute atomic E-state index is 13.7. The molecule has 0 spiro atoms. The molecule has 0 bridgehead atoms. The Morgan fingerprint density at radius 2 is 1.65 bits per heavy atom. The Morgan fingerprint density at radius 1 is 1.05 bits per heavy atom. The molecular formula is C31H36FN5O6. The summed E-state index contributed by atoms with van der Waals surface area (Å²) in [5, 5.41) is 18.1. The second-order valence-electron chi connectivity index (χ2n) is 10.5. The van der Waals surface area contributed by atoms with Gasteiger partial charge in [-0.2, -0.15) is 0 Å². The van der Waals surface area contributed by atoms with Crippen LogP contribution in [0.3, 0.4) is 0 Å². The number of nitrogens with one attached hydrogen (secondary N) is 3. The van der Waals surface area contributed by atoms with Gasteiger partial charge in [0.2, 0.25) is 0 Å².